The van der Waals surface area contributed by atoms with E-state index in [0.717, 1.165) is 23.9 Å². The molecule has 84 valence electrons. The fraction of sp³-hybridized carbons (Fsp3) is 0.750. The summed E-state index contributed by atoms with van der Waals surface area (Å²) < 4.78 is 5.13. The predicted octanol–water partition coefficient (Wildman–Crippen LogP) is 2.57. The molecule has 3 nitrogen and oxygen atoms in total. The van der Waals surface area contributed by atoms with Gasteiger partial charge in [0.15, 0.2) is 0 Å². The first-order valence-corrected chi connectivity index (χ1v) is 5.82. The Hall–Kier alpha value is -0.830. The van der Waals surface area contributed by atoms with Crippen molar-refractivity contribution in [2.24, 2.45) is 5.92 Å². The van der Waals surface area contributed by atoms with E-state index >= 15 is 0 Å². The van der Waals surface area contributed by atoms with Gasteiger partial charge < -0.3 is 9.84 Å². The first kappa shape index (κ1) is 10.7. The Balaban J connectivity index is 1.81. The Morgan fingerprint density at radius 3 is 2.73 bits per heavy atom. The van der Waals surface area contributed by atoms with E-state index in [9.17, 15) is 0 Å². The zero-order valence-electron chi connectivity index (χ0n) is 9.84. The molecule has 1 atom stereocenters. The number of rotatable bonds is 5. The Kier molecular flexibility index (Phi) is 3.10. The molecule has 1 aromatic rings. The van der Waals surface area contributed by atoms with Gasteiger partial charge in [-0.25, -0.2) is 0 Å². The van der Waals surface area contributed by atoms with Crippen molar-refractivity contribution in [3.05, 3.63) is 17.0 Å². The highest BCUT2D eigenvalue weighted by molar-refractivity contribution is 5.20. The van der Waals surface area contributed by atoms with Crippen LogP contribution in [0.2, 0.25) is 0 Å². The minimum atomic E-state index is 0.603. The minimum absolute atomic E-state index is 0.603. The molecule has 1 heterocycles. The molecule has 0 saturated heterocycles. The first-order chi connectivity index (χ1) is 7.16. The lowest BCUT2D eigenvalue weighted by Gasteiger charge is -2.12. The van der Waals surface area contributed by atoms with Gasteiger partial charge in [-0.1, -0.05) is 18.0 Å². The van der Waals surface area contributed by atoms with Gasteiger partial charge >= 0.3 is 0 Å². The molecule has 0 radical (unpaired) electrons. The highest BCUT2D eigenvalue weighted by Crippen LogP contribution is 2.33. The van der Waals surface area contributed by atoms with E-state index in [0.29, 0.717) is 6.04 Å². The number of hydrogen-bond donors (Lipinski definition) is 1. The van der Waals surface area contributed by atoms with Crippen molar-refractivity contribution < 1.29 is 4.52 Å². The maximum Gasteiger partial charge on any atom is 0.138 e. The summed E-state index contributed by atoms with van der Waals surface area (Å²) >= 11 is 0. The summed E-state index contributed by atoms with van der Waals surface area (Å²) in [5.41, 5.74) is 2.23. The van der Waals surface area contributed by atoms with Crippen molar-refractivity contribution >= 4 is 0 Å². The monoisotopic (exact) mass is 208 g/mol. The lowest BCUT2D eigenvalue weighted by molar-refractivity contribution is 0.391. The van der Waals surface area contributed by atoms with Crippen molar-refractivity contribution in [3.63, 3.8) is 0 Å². The minimum Gasteiger partial charge on any atom is -0.361 e. The summed E-state index contributed by atoms with van der Waals surface area (Å²) in [4.78, 5) is 0. The number of nitrogens with one attached hydrogen (secondary N) is 1. The van der Waals surface area contributed by atoms with Gasteiger partial charge in [-0.05, 0) is 33.1 Å². The van der Waals surface area contributed by atoms with E-state index in [1.807, 2.05) is 13.8 Å². The molecular formula is C12H20N2O. The summed E-state index contributed by atoms with van der Waals surface area (Å²) in [6, 6.07) is 0.603. The van der Waals surface area contributed by atoms with Crippen LogP contribution in [-0.4, -0.2) is 11.2 Å². The lowest BCUT2D eigenvalue weighted by Crippen LogP contribution is -2.26. The molecule has 1 saturated carbocycles. The van der Waals surface area contributed by atoms with Crippen LogP contribution < -0.4 is 5.32 Å². The zero-order chi connectivity index (χ0) is 10.8. The Morgan fingerprint density at radius 2 is 2.20 bits per heavy atom. The van der Waals surface area contributed by atoms with Gasteiger partial charge in [0, 0.05) is 18.2 Å². The molecular weight excluding hydrogens is 188 g/mol. The van der Waals surface area contributed by atoms with Gasteiger partial charge in [0.2, 0.25) is 0 Å². The molecule has 1 N–H and O–H groups in total. The van der Waals surface area contributed by atoms with Crippen molar-refractivity contribution in [1.29, 1.82) is 0 Å². The summed E-state index contributed by atoms with van der Waals surface area (Å²) in [6.45, 7) is 7.12. The van der Waals surface area contributed by atoms with Crippen molar-refractivity contribution in [3.8, 4) is 0 Å². The van der Waals surface area contributed by atoms with E-state index in [1.165, 1.54) is 24.8 Å². The van der Waals surface area contributed by atoms with Gasteiger partial charge in [0.25, 0.3) is 0 Å². The van der Waals surface area contributed by atoms with Gasteiger partial charge in [-0.2, -0.15) is 0 Å². The largest absolute Gasteiger partial charge is 0.361 e. The fourth-order valence-electron chi connectivity index (χ4n) is 1.97. The van der Waals surface area contributed by atoms with E-state index in [1.54, 1.807) is 0 Å². The van der Waals surface area contributed by atoms with Gasteiger partial charge in [-0.3, -0.25) is 0 Å². The van der Waals surface area contributed by atoms with E-state index in [-0.39, 0.29) is 0 Å². The van der Waals surface area contributed by atoms with Gasteiger partial charge in [0.05, 0.1) is 5.69 Å². The van der Waals surface area contributed by atoms with Crippen LogP contribution in [0, 0.1) is 19.8 Å². The smallest absolute Gasteiger partial charge is 0.138 e. The summed E-state index contributed by atoms with van der Waals surface area (Å²) in [7, 11) is 0. The third kappa shape index (κ3) is 2.81. The van der Waals surface area contributed by atoms with Gasteiger partial charge in [-0.15, -0.1) is 0 Å². The summed E-state index contributed by atoms with van der Waals surface area (Å²) in [5.74, 6) is 1.93. The maximum atomic E-state index is 5.13. The van der Waals surface area contributed by atoms with Crippen LogP contribution >= 0.6 is 0 Å². The zero-order valence-corrected chi connectivity index (χ0v) is 9.84. The van der Waals surface area contributed by atoms with Crippen molar-refractivity contribution in [1.82, 2.24) is 10.5 Å². The van der Waals surface area contributed by atoms with Crippen LogP contribution in [0.3, 0.4) is 0 Å². The second kappa shape index (κ2) is 4.35. The molecule has 3 heteroatoms. The van der Waals surface area contributed by atoms with E-state index in [4.69, 9.17) is 4.52 Å². The SMILES string of the molecule is Cc1noc(C)c1CNC(C)CC1CC1. The third-order valence-corrected chi connectivity index (χ3v) is 3.19. The van der Waals surface area contributed by atoms with Crippen LogP contribution in [0.1, 0.15) is 43.2 Å². The number of hydrogen-bond acceptors (Lipinski definition) is 3. The molecule has 1 fully saturated rings. The Morgan fingerprint density at radius 1 is 1.47 bits per heavy atom. The molecule has 0 spiro atoms. The normalized spacial score (nSPS) is 18.1. The van der Waals surface area contributed by atoms with Gasteiger partial charge in [0.1, 0.15) is 5.76 Å². The molecule has 2 rings (SSSR count). The molecule has 0 amide bonds. The standard InChI is InChI=1S/C12H20N2O/c1-8(6-11-4-5-11)13-7-12-9(2)14-15-10(12)3/h8,11,13H,4-7H2,1-3H3. The first-order valence-electron chi connectivity index (χ1n) is 5.82. The van der Waals surface area contributed by atoms with E-state index in [2.05, 4.69) is 17.4 Å². The van der Waals surface area contributed by atoms with Crippen LogP contribution in [0.25, 0.3) is 0 Å². The van der Waals surface area contributed by atoms with Crippen LogP contribution in [0.5, 0.6) is 0 Å². The number of aryl methyl sites for hydroxylation is 2. The fourth-order valence-corrected chi connectivity index (χ4v) is 1.97. The highest BCUT2D eigenvalue weighted by atomic mass is 16.5. The molecule has 1 unspecified atom stereocenters. The van der Waals surface area contributed by atoms with Crippen LogP contribution in [0.4, 0.5) is 0 Å². The summed E-state index contributed by atoms with van der Waals surface area (Å²) in [5, 5.41) is 7.49. The number of nitrogens with zero attached hydrogens (tertiary/aromatic N) is 1. The van der Waals surface area contributed by atoms with Crippen molar-refractivity contribution in [2.75, 3.05) is 0 Å². The molecule has 1 aliphatic rings. The summed E-state index contributed by atoms with van der Waals surface area (Å²) in [6.07, 6.45) is 4.16. The highest BCUT2D eigenvalue weighted by Gasteiger charge is 2.23. The second-order valence-corrected chi connectivity index (χ2v) is 4.76. The lowest BCUT2D eigenvalue weighted by atomic mass is 10.1. The molecule has 1 aliphatic carbocycles. The number of aromatic nitrogens is 1. The molecule has 15 heavy (non-hydrogen) atoms. The predicted molar refractivity (Wildman–Crippen MR) is 59.6 cm³/mol. The molecule has 1 aromatic heterocycles. The maximum absolute atomic E-state index is 5.13. The second-order valence-electron chi connectivity index (χ2n) is 4.76. The Labute approximate surface area is 91.2 Å². The topological polar surface area (TPSA) is 38.1 Å². The average Bonchev–Trinajstić information content (AvgIpc) is 2.93. The van der Waals surface area contributed by atoms with Crippen LogP contribution in [-0.2, 0) is 6.54 Å². The molecule has 0 aliphatic heterocycles. The quantitative estimate of drug-likeness (QED) is 0.808. The van der Waals surface area contributed by atoms with Crippen molar-refractivity contribution in [2.45, 2.75) is 52.6 Å². The van der Waals surface area contributed by atoms with Crippen LogP contribution in [0.15, 0.2) is 4.52 Å². The molecule has 0 aromatic carbocycles. The van der Waals surface area contributed by atoms with E-state index < -0.39 is 0 Å². The average molecular weight is 208 g/mol. The third-order valence-electron chi connectivity index (χ3n) is 3.19. The molecule has 0 bridgehead atoms. The Bertz CT molecular complexity index is 309.